The van der Waals surface area contributed by atoms with E-state index in [-0.39, 0.29) is 11.7 Å². The highest BCUT2D eigenvalue weighted by Gasteiger charge is 2.32. The van der Waals surface area contributed by atoms with Crippen molar-refractivity contribution in [1.29, 1.82) is 0 Å². The van der Waals surface area contributed by atoms with E-state index in [0.717, 1.165) is 29.7 Å². The van der Waals surface area contributed by atoms with Crippen molar-refractivity contribution in [1.82, 2.24) is 0 Å². The first-order valence-electron chi connectivity index (χ1n) is 9.63. The summed E-state index contributed by atoms with van der Waals surface area (Å²) in [5.41, 5.74) is 3.47. The Morgan fingerprint density at radius 2 is 1.78 bits per heavy atom. The second-order valence-electron chi connectivity index (χ2n) is 7.70. The van der Waals surface area contributed by atoms with Crippen molar-refractivity contribution in [3.8, 4) is 5.75 Å². The fourth-order valence-electron chi connectivity index (χ4n) is 3.60. The number of hydrogen-bond donors (Lipinski definition) is 1. The van der Waals surface area contributed by atoms with E-state index in [1.165, 1.54) is 0 Å². The molecule has 2 aromatic carbocycles. The highest BCUT2D eigenvalue weighted by molar-refractivity contribution is 6.02. The summed E-state index contributed by atoms with van der Waals surface area (Å²) in [5, 5.41) is 9.79. The number of aromatic hydroxyl groups is 1. The van der Waals surface area contributed by atoms with E-state index in [1.807, 2.05) is 42.5 Å². The molecule has 1 fully saturated rings. The van der Waals surface area contributed by atoms with E-state index in [0.29, 0.717) is 23.2 Å². The van der Waals surface area contributed by atoms with E-state index in [2.05, 4.69) is 25.8 Å². The van der Waals surface area contributed by atoms with Crippen LogP contribution >= 0.6 is 0 Å². The monoisotopic (exact) mass is 361 g/mol. The normalized spacial score (nSPS) is 22.1. The molecule has 1 aliphatic rings. The third-order valence-corrected chi connectivity index (χ3v) is 5.37. The number of Topliss-reactive ketones (excluding diaryl/α,β-unsaturated/α-hetero) is 1. The minimum Gasteiger partial charge on any atom is -0.507 e. The SMILES string of the molecule is CC(C)[C@H]1CC[C@H](C)C(=Cc2ccc(N=Cc3ccccc3O)cc2)C1=O. The molecule has 3 heteroatoms. The van der Waals surface area contributed by atoms with E-state index in [1.54, 1.807) is 18.3 Å². The topological polar surface area (TPSA) is 49.7 Å². The van der Waals surface area contributed by atoms with Gasteiger partial charge < -0.3 is 5.11 Å². The van der Waals surface area contributed by atoms with Gasteiger partial charge >= 0.3 is 0 Å². The molecule has 3 nitrogen and oxygen atoms in total. The van der Waals surface area contributed by atoms with Crippen molar-refractivity contribution in [2.45, 2.75) is 33.6 Å². The summed E-state index contributed by atoms with van der Waals surface area (Å²) in [6, 6.07) is 15.0. The van der Waals surface area contributed by atoms with Crippen LogP contribution in [-0.2, 0) is 4.79 Å². The van der Waals surface area contributed by atoms with Gasteiger partial charge in [-0.25, -0.2) is 0 Å². The van der Waals surface area contributed by atoms with Crippen LogP contribution in [0.3, 0.4) is 0 Å². The van der Waals surface area contributed by atoms with Crippen LogP contribution in [0.1, 0.15) is 44.7 Å². The maximum atomic E-state index is 12.8. The van der Waals surface area contributed by atoms with Crippen LogP contribution in [-0.4, -0.2) is 17.1 Å². The molecule has 0 amide bonds. The standard InChI is InChI=1S/C24H27NO2/c1-16(2)21-13-8-17(3)22(24(21)27)14-18-9-11-20(12-10-18)25-15-19-6-4-5-7-23(19)26/h4-7,9-12,14-17,21,26H,8,13H2,1-3H3/t17-,21+/m0/s1. The Bertz CT molecular complexity index is 862. The lowest BCUT2D eigenvalue weighted by Crippen LogP contribution is -2.30. The number of ketones is 1. The van der Waals surface area contributed by atoms with Gasteiger partial charge in [0.25, 0.3) is 0 Å². The molecule has 0 saturated heterocycles. The minimum atomic E-state index is 0.148. The number of phenols is 1. The lowest BCUT2D eigenvalue weighted by molar-refractivity contribution is -0.122. The van der Waals surface area contributed by atoms with Crippen molar-refractivity contribution in [2.24, 2.45) is 22.7 Å². The van der Waals surface area contributed by atoms with E-state index < -0.39 is 0 Å². The highest BCUT2D eigenvalue weighted by Crippen LogP contribution is 2.35. The molecule has 0 aliphatic heterocycles. The maximum absolute atomic E-state index is 12.8. The van der Waals surface area contributed by atoms with Gasteiger partial charge in [-0.05, 0) is 66.2 Å². The summed E-state index contributed by atoms with van der Waals surface area (Å²) in [4.78, 5) is 17.2. The lowest BCUT2D eigenvalue weighted by Gasteiger charge is -2.30. The molecule has 1 aliphatic carbocycles. The predicted molar refractivity (Wildman–Crippen MR) is 112 cm³/mol. The Morgan fingerprint density at radius 1 is 1.07 bits per heavy atom. The van der Waals surface area contributed by atoms with Crippen LogP contribution in [0.4, 0.5) is 5.69 Å². The van der Waals surface area contributed by atoms with Gasteiger partial charge in [0.05, 0.1) is 5.69 Å². The zero-order valence-corrected chi connectivity index (χ0v) is 16.2. The number of allylic oxidation sites excluding steroid dienone is 1. The number of hydrogen-bond acceptors (Lipinski definition) is 3. The number of carbonyl (C=O) groups is 1. The van der Waals surface area contributed by atoms with Crippen LogP contribution in [0.15, 0.2) is 59.1 Å². The van der Waals surface area contributed by atoms with Gasteiger partial charge in [0.1, 0.15) is 5.75 Å². The number of aliphatic imine (C=N–C) groups is 1. The van der Waals surface area contributed by atoms with Crippen LogP contribution in [0.25, 0.3) is 6.08 Å². The second kappa shape index (κ2) is 8.34. The Balaban J connectivity index is 1.78. The molecule has 1 N–H and O–H groups in total. The zero-order valence-electron chi connectivity index (χ0n) is 16.2. The summed E-state index contributed by atoms with van der Waals surface area (Å²) < 4.78 is 0. The predicted octanol–water partition coefficient (Wildman–Crippen LogP) is 5.80. The van der Waals surface area contributed by atoms with Crippen LogP contribution in [0.5, 0.6) is 5.75 Å². The maximum Gasteiger partial charge on any atom is 0.162 e. The summed E-state index contributed by atoms with van der Waals surface area (Å²) in [5.74, 6) is 1.37. The van der Waals surface area contributed by atoms with Crippen molar-refractivity contribution < 1.29 is 9.90 Å². The van der Waals surface area contributed by atoms with E-state index in [4.69, 9.17) is 0 Å². The van der Waals surface area contributed by atoms with Crippen LogP contribution in [0, 0.1) is 17.8 Å². The first-order valence-corrected chi connectivity index (χ1v) is 9.63. The lowest BCUT2D eigenvalue weighted by atomic mass is 9.73. The van der Waals surface area contributed by atoms with Gasteiger partial charge in [-0.1, -0.05) is 45.0 Å². The highest BCUT2D eigenvalue weighted by atomic mass is 16.3. The average Bonchev–Trinajstić information content (AvgIpc) is 2.65. The van der Waals surface area contributed by atoms with Crippen molar-refractivity contribution in [3.05, 3.63) is 65.2 Å². The Labute approximate surface area is 161 Å². The molecular weight excluding hydrogens is 334 g/mol. The van der Waals surface area contributed by atoms with Crippen molar-refractivity contribution >= 4 is 23.8 Å². The number of benzene rings is 2. The number of phenolic OH excluding ortho intramolecular Hbond substituents is 1. The summed E-state index contributed by atoms with van der Waals surface area (Å²) >= 11 is 0. The fraction of sp³-hybridized carbons (Fsp3) is 0.333. The molecule has 0 unspecified atom stereocenters. The third kappa shape index (κ3) is 4.54. The van der Waals surface area contributed by atoms with Gasteiger partial charge in [-0.3, -0.25) is 9.79 Å². The number of nitrogens with zero attached hydrogens (tertiary/aromatic N) is 1. The molecule has 0 radical (unpaired) electrons. The molecule has 0 spiro atoms. The van der Waals surface area contributed by atoms with Gasteiger partial charge in [-0.2, -0.15) is 0 Å². The van der Waals surface area contributed by atoms with Crippen LogP contribution < -0.4 is 0 Å². The third-order valence-electron chi connectivity index (χ3n) is 5.37. The molecule has 0 aromatic heterocycles. The number of rotatable bonds is 4. The van der Waals surface area contributed by atoms with Gasteiger partial charge in [0.15, 0.2) is 5.78 Å². The van der Waals surface area contributed by atoms with Crippen molar-refractivity contribution in [3.63, 3.8) is 0 Å². The van der Waals surface area contributed by atoms with Crippen LogP contribution in [0.2, 0.25) is 0 Å². The molecule has 0 bridgehead atoms. The zero-order chi connectivity index (χ0) is 19.4. The minimum absolute atomic E-state index is 0.148. The molecular formula is C24H27NO2. The Morgan fingerprint density at radius 3 is 2.44 bits per heavy atom. The largest absolute Gasteiger partial charge is 0.507 e. The second-order valence-corrected chi connectivity index (χ2v) is 7.70. The molecule has 140 valence electrons. The number of para-hydroxylation sites is 1. The van der Waals surface area contributed by atoms with Gasteiger partial charge in [0.2, 0.25) is 0 Å². The molecule has 0 heterocycles. The Hall–Kier alpha value is -2.68. The molecule has 3 rings (SSSR count). The van der Waals surface area contributed by atoms with E-state index in [9.17, 15) is 9.90 Å². The van der Waals surface area contributed by atoms with Crippen molar-refractivity contribution in [2.75, 3.05) is 0 Å². The van der Waals surface area contributed by atoms with Gasteiger partial charge in [-0.15, -0.1) is 0 Å². The average molecular weight is 361 g/mol. The molecule has 27 heavy (non-hydrogen) atoms. The fourth-order valence-corrected chi connectivity index (χ4v) is 3.60. The smallest absolute Gasteiger partial charge is 0.162 e. The first-order chi connectivity index (χ1) is 13.0. The quantitative estimate of drug-likeness (QED) is 0.553. The molecule has 1 saturated carbocycles. The summed E-state index contributed by atoms with van der Waals surface area (Å²) in [6.45, 7) is 6.41. The molecule has 2 aromatic rings. The van der Waals surface area contributed by atoms with E-state index >= 15 is 0 Å². The summed E-state index contributed by atoms with van der Waals surface area (Å²) in [7, 11) is 0. The Kier molecular flexibility index (Phi) is 5.90. The summed E-state index contributed by atoms with van der Waals surface area (Å²) in [6.07, 6.45) is 5.76. The van der Waals surface area contributed by atoms with Gasteiger partial charge in [0, 0.05) is 17.7 Å². The first kappa shape index (κ1) is 19.1. The number of carbonyl (C=O) groups excluding carboxylic acids is 1. The molecule has 2 atom stereocenters.